The zero-order valence-corrected chi connectivity index (χ0v) is 14.2. The first-order valence-electron chi connectivity index (χ1n) is 7.75. The van der Waals surface area contributed by atoms with Crippen molar-refractivity contribution in [1.29, 1.82) is 0 Å². The first-order chi connectivity index (χ1) is 12.6. The molecule has 132 valence electrons. The number of benzene rings is 2. The van der Waals surface area contributed by atoms with E-state index in [-0.39, 0.29) is 11.5 Å². The van der Waals surface area contributed by atoms with Crippen molar-refractivity contribution in [2.45, 2.75) is 0 Å². The molecule has 0 spiro atoms. The average molecular weight is 352 g/mol. The Labute approximate surface area is 150 Å². The summed E-state index contributed by atoms with van der Waals surface area (Å²) >= 11 is 0. The van der Waals surface area contributed by atoms with Crippen LogP contribution in [-0.2, 0) is 9.59 Å². The summed E-state index contributed by atoms with van der Waals surface area (Å²) in [6.07, 6.45) is 2.26. The molecule has 2 aromatic rings. The predicted octanol–water partition coefficient (Wildman–Crippen LogP) is 3.08. The maximum atomic E-state index is 12.5. The van der Waals surface area contributed by atoms with Crippen molar-refractivity contribution in [3.63, 3.8) is 0 Å². The molecule has 0 radical (unpaired) electrons. The summed E-state index contributed by atoms with van der Waals surface area (Å²) in [5.41, 5.74) is 0. The number of Topliss-reactive ketones (excluding diaryl/α,β-unsaturated/α-hetero) is 1. The zero-order chi connectivity index (χ0) is 18.5. The molecule has 0 N–H and O–H groups in total. The number of ketones is 2. The SMILES string of the molecule is COc1ccc(OC2=CC(=O)C=C(Oc3ccc(OC)cc3)C2=O)cc1. The summed E-state index contributed by atoms with van der Waals surface area (Å²) in [6.45, 7) is 0. The molecule has 0 fully saturated rings. The molecule has 26 heavy (non-hydrogen) atoms. The lowest BCUT2D eigenvalue weighted by Crippen LogP contribution is -2.21. The van der Waals surface area contributed by atoms with Crippen LogP contribution >= 0.6 is 0 Å². The van der Waals surface area contributed by atoms with Gasteiger partial charge in [0, 0.05) is 12.2 Å². The highest BCUT2D eigenvalue weighted by molar-refractivity contribution is 6.18. The van der Waals surface area contributed by atoms with Gasteiger partial charge in [-0.3, -0.25) is 9.59 Å². The van der Waals surface area contributed by atoms with Gasteiger partial charge in [0.15, 0.2) is 17.3 Å². The van der Waals surface area contributed by atoms with E-state index in [1.54, 1.807) is 62.8 Å². The molecule has 0 atom stereocenters. The van der Waals surface area contributed by atoms with Gasteiger partial charge in [0.2, 0.25) is 0 Å². The Balaban J connectivity index is 1.74. The third kappa shape index (κ3) is 3.92. The molecule has 0 unspecified atom stereocenters. The molecule has 6 heteroatoms. The Bertz CT molecular complexity index is 804. The third-order valence-corrected chi connectivity index (χ3v) is 3.57. The van der Waals surface area contributed by atoms with Crippen LogP contribution < -0.4 is 18.9 Å². The Kier molecular flexibility index (Phi) is 5.03. The van der Waals surface area contributed by atoms with Crippen LogP contribution in [0.1, 0.15) is 0 Å². The molecule has 0 bridgehead atoms. The molecular formula is C20H16O6. The fourth-order valence-corrected chi connectivity index (χ4v) is 2.25. The highest BCUT2D eigenvalue weighted by atomic mass is 16.5. The Morgan fingerprint density at radius 2 is 0.923 bits per heavy atom. The van der Waals surface area contributed by atoms with Crippen molar-refractivity contribution in [1.82, 2.24) is 0 Å². The van der Waals surface area contributed by atoms with E-state index in [2.05, 4.69) is 0 Å². The van der Waals surface area contributed by atoms with E-state index in [1.807, 2.05) is 0 Å². The van der Waals surface area contributed by atoms with Crippen LogP contribution in [0.15, 0.2) is 72.2 Å². The molecule has 0 amide bonds. The molecule has 0 saturated carbocycles. The van der Waals surface area contributed by atoms with Crippen LogP contribution in [0.5, 0.6) is 23.0 Å². The highest BCUT2D eigenvalue weighted by Gasteiger charge is 2.26. The Hall–Kier alpha value is -3.54. The van der Waals surface area contributed by atoms with E-state index in [0.29, 0.717) is 23.0 Å². The second-order valence-corrected chi connectivity index (χ2v) is 5.30. The maximum absolute atomic E-state index is 12.5. The lowest BCUT2D eigenvalue weighted by Gasteiger charge is -2.15. The van der Waals surface area contributed by atoms with Gasteiger partial charge in [0.1, 0.15) is 23.0 Å². The Morgan fingerprint density at radius 3 is 1.27 bits per heavy atom. The minimum atomic E-state index is -0.517. The third-order valence-electron chi connectivity index (χ3n) is 3.57. The van der Waals surface area contributed by atoms with Crippen LogP contribution in [0.3, 0.4) is 0 Å². The molecule has 1 aliphatic rings. The predicted molar refractivity (Wildman–Crippen MR) is 93.4 cm³/mol. The molecule has 0 saturated heterocycles. The standard InChI is InChI=1S/C20H16O6/c1-23-14-3-7-16(8-4-14)25-18-11-13(21)12-19(20(18)22)26-17-9-5-15(24-2)6-10-17/h3-12H,1-2H3. The van der Waals surface area contributed by atoms with E-state index in [4.69, 9.17) is 18.9 Å². The molecular weight excluding hydrogens is 336 g/mol. The van der Waals surface area contributed by atoms with Gasteiger partial charge in [-0.15, -0.1) is 0 Å². The summed E-state index contributed by atoms with van der Waals surface area (Å²) in [4.78, 5) is 24.4. The van der Waals surface area contributed by atoms with Gasteiger partial charge in [0.05, 0.1) is 14.2 Å². The van der Waals surface area contributed by atoms with Gasteiger partial charge in [-0.25, -0.2) is 0 Å². The van der Waals surface area contributed by atoms with Crippen molar-refractivity contribution < 1.29 is 28.5 Å². The number of carbonyl (C=O) groups excluding carboxylic acids is 2. The van der Waals surface area contributed by atoms with Gasteiger partial charge in [0.25, 0.3) is 5.78 Å². The fraction of sp³-hybridized carbons (Fsp3) is 0.100. The number of carbonyl (C=O) groups is 2. The summed E-state index contributed by atoms with van der Waals surface area (Å²) in [5.74, 6) is 1.000. The summed E-state index contributed by atoms with van der Waals surface area (Å²) in [6, 6.07) is 13.3. The van der Waals surface area contributed by atoms with Gasteiger partial charge in [-0.2, -0.15) is 0 Å². The monoisotopic (exact) mass is 352 g/mol. The fourth-order valence-electron chi connectivity index (χ4n) is 2.25. The van der Waals surface area contributed by atoms with Gasteiger partial charge in [-0.1, -0.05) is 0 Å². The molecule has 1 aliphatic carbocycles. The average Bonchev–Trinajstić information content (AvgIpc) is 2.66. The smallest absolute Gasteiger partial charge is 0.263 e. The van der Waals surface area contributed by atoms with Gasteiger partial charge >= 0.3 is 0 Å². The second kappa shape index (κ2) is 7.57. The molecule has 0 aliphatic heterocycles. The molecule has 2 aromatic carbocycles. The summed E-state index contributed by atoms with van der Waals surface area (Å²) in [5, 5.41) is 0. The number of ether oxygens (including phenoxy) is 4. The quantitative estimate of drug-likeness (QED) is 0.744. The highest BCUT2D eigenvalue weighted by Crippen LogP contribution is 2.25. The second-order valence-electron chi connectivity index (χ2n) is 5.30. The van der Waals surface area contributed by atoms with E-state index < -0.39 is 11.6 Å². The number of rotatable bonds is 6. The van der Waals surface area contributed by atoms with Crippen LogP contribution in [0.2, 0.25) is 0 Å². The largest absolute Gasteiger partial charge is 0.497 e. The van der Waals surface area contributed by atoms with Crippen molar-refractivity contribution in [3.8, 4) is 23.0 Å². The van der Waals surface area contributed by atoms with E-state index >= 15 is 0 Å². The molecule has 0 heterocycles. The van der Waals surface area contributed by atoms with Crippen molar-refractivity contribution in [2.75, 3.05) is 14.2 Å². The van der Waals surface area contributed by atoms with Crippen molar-refractivity contribution in [3.05, 3.63) is 72.2 Å². The molecule has 3 rings (SSSR count). The topological polar surface area (TPSA) is 71.1 Å². The summed E-state index contributed by atoms with van der Waals surface area (Å²) < 4.78 is 21.2. The van der Waals surface area contributed by atoms with Crippen molar-refractivity contribution >= 4 is 11.6 Å². The van der Waals surface area contributed by atoms with Crippen LogP contribution in [0.25, 0.3) is 0 Å². The summed E-state index contributed by atoms with van der Waals surface area (Å²) in [7, 11) is 3.10. The van der Waals surface area contributed by atoms with Crippen LogP contribution in [0, 0.1) is 0 Å². The molecule has 0 aromatic heterocycles. The first-order valence-corrected chi connectivity index (χ1v) is 7.75. The number of allylic oxidation sites excluding steroid dienone is 2. The van der Waals surface area contributed by atoms with E-state index in [1.165, 1.54) is 0 Å². The first kappa shape index (κ1) is 17.3. The lowest BCUT2D eigenvalue weighted by atomic mass is 10.1. The molecule has 6 nitrogen and oxygen atoms in total. The number of hydrogen-bond acceptors (Lipinski definition) is 6. The van der Waals surface area contributed by atoms with Crippen molar-refractivity contribution in [2.24, 2.45) is 0 Å². The van der Waals surface area contributed by atoms with Crippen LogP contribution in [-0.4, -0.2) is 25.8 Å². The number of hydrogen-bond donors (Lipinski definition) is 0. The Morgan fingerprint density at radius 1 is 0.577 bits per heavy atom. The van der Waals surface area contributed by atoms with Gasteiger partial charge < -0.3 is 18.9 Å². The number of methoxy groups -OCH3 is 2. The minimum Gasteiger partial charge on any atom is -0.497 e. The zero-order valence-electron chi connectivity index (χ0n) is 14.2. The van der Waals surface area contributed by atoms with E-state index in [0.717, 1.165) is 12.2 Å². The van der Waals surface area contributed by atoms with Gasteiger partial charge in [-0.05, 0) is 48.5 Å². The normalized spacial score (nSPS) is 13.6. The maximum Gasteiger partial charge on any atom is 0.263 e. The minimum absolute atomic E-state index is 0.105. The van der Waals surface area contributed by atoms with E-state index in [9.17, 15) is 9.59 Å². The lowest BCUT2D eigenvalue weighted by molar-refractivity contribution is -0.118. The van der Waals surface area contributed by atoms with Crippen LogP contribution in [0.4, 0.5) is 0 Å².